The van der Waals surface area contributed by atoms with E-state index in [0.29, 0.717) is 6.42 Å². The number of rotatable bonds is 4. The molecular weight excluding hydrogens is 270 g/mol. The van der Waals surface area contributed by atoms with E-state index < -0.39 is 0 Å². The molecule has 2 heteroatoms. The molecule has 2 atom stereocenters. The fraction of sp³-hybridized carbons (Fsp3) is 0.350. The molecule has 0 aromatic heterocycles. The lowest BCUT2D eigenvalue weighted by atomic mass is 9.87. The van der Waals surface area contributed by atoms with Crippen molar-refractivity contribution in [3.05, 3.63) is 71.3 Å². The average Bonchev–Trinajstić information content (AvgIpc) is 2.56. The van der Waals surface area contributed by atoms with Gasteiger partial charge in [0.05, 0.1) is 6.04 Å². The molecule has 0 aliphatic heterocycles. The molecule has 0 fully saturated rings. The predicted molar refractivity (Wildman–Crippen MR) is 89.7 cm³/mol. The number of hydrogen-bond donors (Lipinski definition) is 1. The van der Waals surface area contributed by atoms with Crippen molar-refractivity contribution in [2.75, 3.05) is 0 Å². The molecule has 0 radical (unpaired) electrons. The fourth-order valence-corrected chi connectivity index (χ4v) is 3.33. The molecule has 22 heavy (non-hydrogen) atoms. The third kappa shape index (κ3) is 3.38. The molecule has 2 aromatic carbocycles. The summed E-state index contributed by atoms with van der Waals surface area (Å²) in [7, 11) is 0. The second kappa shape index (κ2) is 6.78. The third-order valence-corrected chi connectivity index (χ3v) is 4.56. The summed E-state index contributed by atoms with van der Waals surface area (Å²) in [5, 5.41) is 3.24. The third-order valence-electron chi connectivity index (χ3n) is 4.56. The van der Waals surface area contributed by atoms with Gasteiger partial charge >= 0.3 is 0 Å². The second-order valence-corrected chi connectivity index (χ2v) is 6.23. The van der Waals surface area contributed by atoms with Gasteiger partial charge in [0.1, 0.15) is 0 Å². The molecule has 1 amide bonds. The van der Waals surface area contributed by atoms with Gasteiger partial charge in [-0.25, -0.2) is 0 Å². The molecule has 114 valence electrons. The first kappa shape index (κ1) is 14.8. The molecule has 1 N–H and O–H groups in total. The summed E-state index contributed by atoms with van der Waals surface area (Å²) in [6, 6.07) is 18.9. The van der Waals surface area contributed by atoms with Crippen molar-refractivity contribution in [2.45, 2.75) is 44.6 Å². The first-order chi connectivity index (χ1) is 10.7. The Balaban J connectivity index is 1.63. The van der Waals surface area contributed by atoms with Crippen molar-refractivity contribution in [3.8, 4) is 0 Å². The van der Waals surface area contributed by atoms with Gasteiger partial charge in [0, 0.05) is 6.42 Å². The van der Waals surface area contributed by atoms with Crippen LogP contribution in [0.25, 0.3) is 0 Å². The van der Waals surface area contributed by atoms with E-state index in [4.69, 9.17) is 0 Å². The highest BCUT2D eigenvalue weighted by Crippen LogP contribution is 2.30. The van der Waals surface area contributed by atoms with Crippen molar-refractivity contribution in [1.29, 1.82) is 0 Å². The van der Waals surface area contributed by atoms with Crippen LogP contribution in [-0.2, 0) is 11.2 Å². The van der Waals surface area contributed by atoms with E-state index in [1.807, 2.05) is 18.2 Å². The Kier molecular flexibility index (Phi) is 4.57. The molecule has 0 spiro atoms. The van der Waals surface area contributed by atoms with E-state index >= 15 is 0 Å². The summed E-state index contributed by atoms with van der Waals surface area (Å²) in [6.07, 6.45) is 3.87. The summed E-state index contributed by atoms with van der Waals surface area (Å²) >= 11 is 0. The van der Waals surface area contributed by atoms with Crippen LogP contribution in [0.1, 0.15) is 54.8 Å². The second-order valence-electron chi connectivity index (χ2n) is 6.23. The Labute approximate surface area is 132 Å². The van der Waals surface area contributed by atoms with Crippen LogP contribution in [-0.4, -0.2) is 5.91 Å². The molecule has 1 aliphatic carbocycles. The molecule has 2 nitrogen and oxygen atoms in total. The SMILES string of the molecule is C[C@@H](CC(=O)N[C@@H]1CCCc2ccccc21)c1ccccc1. The van der Waals surface area contributed by atoms with Crippen LogP contribution in [0.2, 0.25) is 0 Å². The van der Waals surface area contributed by atoms with Crippen LogP contribution in [0.5, 0.6) is 0 Å². The van der Waals surface area contributed by atoms with Crippen LogP contribution in [0.15, 0.2) is 54.6 Å². The molecule has 0 saturated carbocycles. The Morgan fingerprint density at radius 2 is 1.86 bits per heavy atom. The molecule has 0 bridgehead atoms. The maximum atomic E-state index is 12.4. The minimum atomic E-state index is 0.151. The van der Waals surface area contributed by atoms with Gasteiger partial charge in [-0.15, -0.1) is 0 Å². The molecule has 0 unspecified atom stereocenters. The van der Waals surface area contributed by atoms with Crippen LogP contribution >= 0.6 is 0 Å². The zero-order valence-corrected chi connectivity index (χ0v) is 13.1. The summed E-state index contributed by atoms with van der Waals surface area (Å²) in [5.41, 5.74) is 3.91. The van der Waals surface area contributed by atoms with E-state index in [2.05, 4.69) is 48.6 Å². The molecule has 2 aromatic rings. The highest BCUT2D eigenvalue weighted by Gasteiger charge is 2.22. The van der Waals surface area contributed by atoms with Gasteiger partial charge in [-0.3, -0.25) is 4.79 Å². The maximum absolute atomic E-state index is 12.4. The van der Waals surface area contributed by atoms with E-state index in [-0.39, 0.29) is 17.9 Å². The van der Waals surface area contributed by atoms with E-state index in [1.165, 1.54) is 16.7 Å². The van der Waals surface area contributed by atoms with E-state index in [9.17, 15) is 4.79 Å². The van der Waals surface area contributed by atoms with Gasteiger partial charge in [0.15, 0.2) is 0 Å². The number of nitrogens with one attached hydrogen (secondary N) is 1. The van der Waals surface area contributed by atoms with Gasteiger partial charge in [0.25, 0.3) is 0 Å². The first-order valence-corrected chi connectivity index (χ1v) is 8.16. The van der Waals surface area contributed by atoms with Crippen molar-refractivity contribution >= 4 is 5.91 Å². The lowest BCUT2D eigenvalue weighted by Gasteiger charge is -2.27. The van der Waals surface area contributed by atoms with Crippen LogP contribution in [0, 0.1) is 0 Å². The van der Waals surface area contributed by atoms with Gasteiger partial charge in [0.2, 0.25) is 5.91 Å². The number of carbonyl (C=O) groups excluding carboxylic acids is 1. The van der Waals surface area contributed by atoms with Crippen molar-refractivity contribution < 1.29 is 4.79 Å². The van der Waals surface area contributed by atoms with E-state index in [1.54, 1.807) is 0 Å². The quantitative estimate of drug-likeness (QED) is 0.891. The molecular formula is C20H23NO. The smallest absolute Gasteiger partial charge is 0.221 e. The van der Waals surface area contributed by atoms with Gasteiger partial charge in [-0.05, 0) is 41.9 Å². The summed E-state index contributed by atoms with van der Waals surface area (Å²) in [6.45, 7) is 2.11. The lowest BCUT2D eigenvalue weighted by molar-refractivity contribution is -0.122. The van der Waals surface area contributed by atoms with Crippen LogP contribution in [0.4, 0.5) is 0 Å². The minimum absolute atomic E-state index is 0.151. The zero-order chi connectivity index (χ0) is 15.4. The van der Waals surface area contributed by atoms with Crippen molar-refractivity contribution in [3.63, 3.8) is 0 Å². The number of carbonyl (C=O) groups is 1. The maximum Gasteiger partial charge on any atom is 0.221 e. The Morgan fingerprint density at radius 3 is 2.68 bits per heavy atom. The Hall–Kier alpha value is -2.09. The number of benzene rings is 2. The number of fused-ring (bicyclic) bond motifs is 1. The highest BCUT2D eigenvalue weighted by molar-refractivity contribution is 5.77. The van der Waals surface area contributed by atoms with Crippen LogP contribution in [0.3, 0.4) is 0 Å². The molecule has 1 aliphatic rings. The predicted octanol–water partition coefficient (Wildman–Crippen LogP) is 4.37. The van der Waals surface area contributed by atoms with Gasteiger partial charge in [-0.1, -0.05) is 61.5 Å². The fourth-order valence-electron chi connectivity index (χ4n) is 3.33. The number of aryl methyl sites for hydroxylation is 1. The Bertz CT molecular complexity index is 635. The Morgan fingerprint density at radius 1 is 1.14 bits per heavy atom. The summed E-state index contributed by atoms with van der Waals surface area (Å²) in [4.78, 5) is 12.4. The van der Waals surface area contributed by atoms with Crippen molar-refractivity contribution in [1.82, 2.24) is 5.32 Å². The van der Waals surface area contributed by atoms with Gasteiger partial charge in [-0.2, -0.15) is 0 Å². The summed E-state index contributed by atoms with van der Waals surface area (Å²) < 4.78 is 0. The summed E-state index contributed by atoms with van der Waals surface area (Å²) in [5.74, 6) is 0.401. The van der Waals surface area contributed by atoms with Crippen LogP contribution < -0.4 is 5.32 Å². The molecule has 0 saturated heterocycles. The topological polar surface area (TPSA) is 29.1 Å². The van der Waals surface area contributed by atoms with Gasteiger partial charge < -0.3 is 5.32 Å². The van der Waals surface area contributed by atoms with Crippen molar-refractivity contribution in [2.24, 2.45) is 0 Å². The normalized spacial score (nSPS) is 18.3. The van der Waals surface area contributed by atoms with E-state index in [0.717, 1.165) is 19.3 Å². The lowest BCUT2D eigenvalue weighted by Crippen LogP contribution is -2.31. The molecule has 3 rings (SSSR count). The molecule has 0 heterocycles. The minimum Gasteiger partial charge on any atom is -0.349 e. The first-order valence-electron chi connectivity index (χ1n) is 8.16. The monoisotopic (exact) mass is 293 g/mol. The number of hydrogen-bond acceptors (Lipinski definition) is 1. The average molecular weight is 293 g/mol. The number of amides is 1. The largest absolute Gasteiger partial charge is 0.349 e. The zero-order valence-electron chi connectivity index (χ0n) is 13.1. The highest BCUT2D eigenvalue weighted by atomic mass is 16.1. The standard InChI is InChI=1S/C20H23NO/c1-15(16-8-3-2-4-9-16)14-20(22)21-19-13-7-11-17-10-5-6-12-18(17)19/h2-6,8-10,12,15,19H,7,11,13-14H2,1H3,(H,21,22)/t15-,19+/m0/s1.